The molecule has 0 saturated carbocycles. The van der Waals surface area contributed by atoms with Gasteiger partial charge in [0.05, 0.1) is 11.4 Å². The molecule has 36 heavy (non-hydrogen) atoms. The Balaban J connectivity index is 1.60. The Kier molecular flexibility index (Phi) is 6.92. The molecule has 3 nitrogen and oxygen atoms in total. The van der Waals surface area contributed by atoms with Gasteiger partial charge in [-0.3, -0.25) is 5.10 Å². The molecule has 0 radical (unpaired) electrons. The van der Waals surface area contributed by atoms with Crippen LogP contribution in [0.1, 0.15) is 43.9 Å². The molecule has 0 aliphatic heterocycles. The van der Waals surface area contributed by atoms with Crippen LogP contribution >= 0.6 is 11.3 Å². The van der Waals surface area contributed by atoms with E-state index in [9.17, 15) is 13.2 Å². The van der Waals surface area contributed by atoms with E-state index in [0.29, 0.717) is 11.4 Å². The number of nitrogens with zero attached hydrogens (tertiary/aromatic N) is 2. The Labute approximate surface area is 212 Å². The molecule has 0 amide bonds. The third kappa shape index (κ3) is 5.21. The van der Waals surface area contributed by atoms with Gasteiger partial charge in [0.1, 0.15) is 11.4 Å². The molecule has 0 spiro atoms. The van der Waals surface area contributed by atoms with Crippen molar-refractivity contribution in [1.29, 1.82) is 0 Å². The second-order valence-electron chi connectivity index (χ2n) is 8.94. The van der Waals surface area contributed by atoms with Crippen LogP contribution in [0.4, 0.5) is 13.2 Å². The lowest BCUT2D eigenvalue weighted by Gasteiger charge is -2.10. The number of hydrogen-bond donors (Lipinski definition) is 1. The largest absolute Gasteiger partial charge is 0.432 e. The Hall–Kier alpha value is -3.45. The van der Waals surface area contributed by atoms with Gasteiger partial charge in [0, 0.05) is 10.4 Å². The Bertz CT molecular complexity index is 1480. The van der Waals surface area contributed by atoms with Gasteiger partial charge < -0.3 is 0 Å². The quantitative estimate of drug-likeness (QED) is 0.214. The van der Waals surface area contributed by atoms with Gasteiger partial charge in [-0.25, -0.2) is 4.98 Å². The number of aryl methyl sites for hydroxylation is 1. The lowest BCUT2D eigenvalue weighted by Crippen LogP contribution is -2.04. The summed E-state index contributed by atoms with van der Waals surface area (Å²) in [5, 5.41) is 10.3. The minimum atomic E-state index is -4.50. The van der Waals surface area contributed by atoms with Crippen LogP contribution in [0.25, 0.3) is 43.9 Å². The number of halogens is 3. The van der Waals surface area contributed by atoms with Crippen LogP contribution in [0.15, 0.2) is 72.1 Å². The van der Waals surface area contributed by atoms with Gasteiger partial charge in [0.15, 0.2) is 0 Å². The first kappa shape index (κ1) is 24.3. The average molecular weight is 506 g/mol. The summed E-state index contributed by atoms with van der Waals surface area (Å²) in [6.45, 7) is 2.20. The highest BCUT2D eigenvalue weighted by molar-refractivity contribution is 7.13. The minimum absolute atomic E-state index is 0.173. The fraction of sp³-hybridized carbons (Fsp3) is 0.241. The third-order valence-electron chi connectivity index (χ3n) is 6.32. The Morgan fingerprint density at radius 1 is 0.806 bits per heavy atom. The highest BCUT2D eigenvalue weighted by Gasteiger charge is 2.33. The molecule has 0 bridgehead atoms. The van der Waals surface area contributed by atoms with Gasteiger partial charge in [-0.05, 0) is 70.5 Å². The van der Waals surface area contributed by atoms with Crippen LogP contribution in [0.5, 0.6) is 0 Å². The van der Waals surface area contributed by atoms with Crippen LogP contribution in [-0.4, -0.2) is 15.2 Å². The van der Waals surface area contributed by atoms with Gasteiger partial charge in [-0.1, -0.05) is 62.6 Å². The van der Waals surface area contributed by atoms with Crippen molar-refractivity contribution in [3.8, 4) is 33.1 Å². The van der Waals surface area contributed by atoms with E-state index in [1.807, 2.05) is 48.5 Å². The number of hydrogen-bond acceptors (Lipinski definition) is 3. The summed E-state index contributed by atoms with van der Waals surface area (Å²) in [7, 11) is 0. The number of thiophene rings is 1. The molecule has 7 heteroatoms. The summed E-state index contributed by atoms with van der Waals surface area (Å²) < 4.78 is 39.7. The summed E-state index contributed by atoms with van der Waals surface area (Å²) >= 11 is 1.65. The van der Waals surface area contributed by atoms with Crippen molar-refractivity contribution in [3.05, 3.63) is 83.4 Å². The predicted molar refractivity (Wildman–Crippen MR) is 141 cm³/mol. The molecule has 0 atom stereocenters. The number of rotatable bonds is 8. The van der Waals surface area contributed by atoms with Gasteiger partial charge in [-0.2, -0.15) is 18.3 Å². The zero-order valence-corrected chi connectivity index (χ0v) is 20.7. The molecule has 0 fully saturated rings. The van der Waals surface area contributed by atoms with E-state index >= 15 is 0 Å². The summed E-state index contributed by atoms with van der Waals surface area (Å²) in [6.07, 6.45) is 1.17. The summed E-state index contributed by atoms with van der Waals surface area (Å²) in [5.74, 6) is 0. The number of aromatic nitrogens is 3. The smallest absolute Gasteiger partial charge is 0.273 e. The van der Waals surface area contributed by atoms with E-state index < -0.39 is 11.9 Å². The predicted octanol–water partition coefficient (Wildman–Crippen LogP) is 9.16. The molecule has 0 unspecified atom stereocenters. The van der Waals surface area contributed by atoms with Gasteiger partial charge >= 0.3 is 6.18 Å². The summed E-state index contributed by atoms with van der Waals surface area (Å²) in [4.78, 5) is 5.89. The van der Waals surface area contributed by atoms with E-state index in [-0.39, 0.29) is 5.69 Å². The van der Waals surface area contributed by atoms with E-state index in [1.165, 1.54) is 24.8 Å². The fourth-order valence-corrected chi connectivity index (χ4v) is 5.36. The first-order chi connectivity index (χ1) is 17.4. The molecule has 1 N–H and O–H groups in total. The third-order valence-corrected chi connectivity index (χ3v) is 7.33. The highest BCUT2D eigenvalue weighted by Crippen LogP contribution is 2.37. The molecule has 5 rings (SSSR count). The van der Waals surface area contributed by atoms with Crippen molar-refractivity contribution in [2.75, 3.05) is 0 Å². The van der Waals surface area contributed by atoms with Crippen LogP contribution in [0, 0.1) is 0 Å². The van der Waals surface area contributed by atoms with Gasteiger partial charge in [0.2, 0.25) is 0 Å². The zero-order chi connectivity index (χ0) is 25.1. The maximum Gasteiger partial charge on any atom is 0.432 e. The van der Waals surface area contributed by atoms with E-state index in [2.05, 4.69) is 34.6 Å². The second-order valence-corrected chi connectivity index (χ2v) is 9.85. The number of fused-ring (bicyclic) bond motifs is 1. The standard InChI is InChI=1S/C29H26F3N3S/c1-2-3-4-5-9-20-13-14-36-28(20)23-16-24(22-12-11-19-8-6-7-10-21(19)15-22)33-25(17-23)26-18-27(35-34-26)29(30,31)32/h6-8,10-18H,2-5,9H2,1H3,(H,34,35). The van der Waals surface area contributed by atoms with E-state index in [0.717, 1.165) is 45.7 Å². The van der Waals surface area contributed by atoms with Crippen molar-refractivity contribution < 1.29 is 13.2 Å². The van der Waals surface area contributed by atoms with Gasteiger partial charge in [0.25, 0.3) is 0 Å². The number of aromatic amines is 1. The molecular formula is C29H26F3N3S. The molecule has 2 aromatic carbocycles. The number of pyridine rings is 1. The lowest BCUT2D eigenvalue weighted by atomic mass is 10.00. The van der Waals surface area contributed by atoms with Crippen molar-refractivity contribution in [2.45, 2.75) is 45.2 Å². The van der Waals surface area contributed by atoms with Crippen molar-refractivity contribution >= 4 is 22.1 Å². The molecular weight excluding hydrogens is 479 g/mol. The van der Waals surface area contributed by atoms with Crippen LogP contribution in [-0.2, 0) is 12.6 Å². The SMILES string of the molecule is CCCCCCc1ccsc1-c1cc(-c2ccc3ccccc3c2)nc(-c2cc(C(F)(F)F)[nH]n2)c1. The zero-order valence-electron chi connectivity index (χ0n) is 19.9. The molecule has 184 valence electrons. The Morgan fingerprint density at radius 3 is 2.39 bits per heavy atom. The topological polar surface area (TPSA) is 41.6 Å². The first-order valence-electron chi connectivity index (χ1n) is 12.1. The number of H-pyrrole nitrogens is 1. The van der Waals surface area contributed by atoms with Crippen LogP contribution < -0.4 is 0 Å². The van der Waals surface area contributed by atoms with Crippen LogP contribution in [0.2, 0.25) is 0 Å². The normalized spacial score (nSPS) is 11.9. The molecule has 0 aliphatic rings. The number of nitrogens with one attached hydrogen (secondary N) is 1. The number of alkyl halides is 3. The monoisotopic (exact) mass is 505 g/mol. The first-order valence-corrected chi connectivity index (χ1v) is 13.0. The van der Waals surface area contributed by atoms with Gasteiger partial charge in [-0.15, -0.1) is 11.3 Å². The van der Waals surface area contributed by atoms with Crippen molar-refractivity contribution in [3.63, 3.8) is 0 Å². The van der Waals surface area contributed by atoms with E-state index in [1.54, 1.807) is 11.3 Å². The van der Waals surface area contributed by atoms with Crippen molar-refractivity contribution in [2.24, 2.45) is 0 Å². The number of unbranched alkanes of at least 4 members (excludes halogenated alkanes) is 3. The summed E-state index contributed by atoms with van der Waals surface area (Å²) in [5.41, 5.74) is 3.51. The maximum absolute atomic E-state index is 13.2. The average Bonchev–Trinajstić information content (AvgIpc) is 3.56. The molecule has 3 aromatic heterocycles. The minimum Gasteiger partial charge on any atom is -0.273 e. The second kappa shape index (κ2) is 10.3. The lowest BCUT2D eigenvalue weighted by molar-refractivity contribution is -0.141. The Morgan fingerprint density at radius 2 is 1.61 bits per heavy atom. The summed E-state index contributed by atoms with van der Waals surface area (Å²) in [6, 6.07) is 21.2. The van der Waals surface area contributed by atoms with Crippen LogP contribution in [0.3, 0.4) is 0 Å². The molecule has 0 saturated heterocycles. The fourth-order valence-electron chi connectivity index (χ4n) is 4.42. The highest BCUT2D eigenvalue weighted by atomic mass is 32.1. The maximum atomic E-state index is 13.2. The number of benzene rings is 2. The van der Waals surface area contributed by atoms with Crippen molar-refractivity contribution in [1.82, 2.24) is 15.2 Å². The molecule has 3 heterocycles. The molecule has 5 aromatic rings. The van der Waals surface area contributed by atoms with E-state index in [4.69, 9.17) is 4.98 Å². The molecule has 0 aliphatic carbocycles.